The fraction of sp³-hybridized carbons (Fsp3) is 1.00. The zero-order valence-electron chi connectivity index (χ0n) is 6.98. The molecule has 0 aromatic rings. The Balaban J connectivity index is 3.58. The molecule has 2 N–H and O–H groups in total. The third kappa shape index (κ3) is 3.15. The van der Waals surface area contributed by atoms with Gasteiger partial charge in [-0.05, 0) is 6.42 Å². The number of hydrogen-bond acceptors (Lipinski definition) is 3. The normalized spacial score (nSPS) is 16.8. The van der Waals surface area contributed by atoms with Crippen LogP contribution in [0.25, 0.3) is 0 Å². The Kier molecular flexibility index (Phi) is 4.60. The third-order valence-electron chi connectivity index (χ3n) is 1.88. The van der Waals surface area contributed by atoms with Crippen LogP contribution in [-0.4, -0.2) is 25.4 Å². The van der Waals surface area contributed by atoms with E-state index in [1.165, 1.54) is 0 Å². The zero-order valence-corrected chi connectivity index (χ0v) is 6.98. The number of nitrogens with one attached hydrogen (secondary N) is 1. The molecule has 0 aromatic carbocycles. The molecule has 0 spiro atoms. The first kappa shape index (κ1) is 9.88. The van der Waals surface area contributed by atoms with Crippen molar-refractivity contribution >= 4 is 0 Å². The number of hydrogen-bond donors (Lipinski definition) is 2. The predicted octanol–water partition coefficient (Wildman–Crippen LogP) is 0.546. The number of rotatable bonds is 5. The molecule has 0 aromatic heterocycles. The highest BCUT2D eigenvalue weighted by Crippen LogP contribution is 2.17. The standard InChI is InChI=1S/C7H17NO2/c1-4-7(2,6-9)5-8-10-3/h8-9H,4-6H2,1-3H3. The average Bonchev–Trinajstić information content (AvgIpc) is 2.00. The van der Waals surface area contributed by atoms with E-state index >= 15 is 0 Å². The van der Waals surface area contributed by atoms with E-state index in [2.05, 4.69) is 10.3 Å². The molecule has 62 valence electrons. The van der Waals surface area contributed by atoms with Crippen molar-refractivity contribution in [2.24, 2.45) is 5.41 Å². The summed E-state index contributed by atoms with van der Waals surface area (Å²) in [6.07, 6.45) is 0.944. The average molecular weight is 147 g/mol. The van der Waals surface area contributed by atoms with Crippen molar-refractivity contribution in [3.8, 4) is 0 Å². The summed E-state index contributed by atoms with van der Waals surface area (Å²) in [5.74, 6) is 0. The smallest absolute Gasteiger partial charge is 0.0572 e. The van der Waals surface area contributed by atoms with Gasteiger partial charge in [0.05, 0.1) is 7.11 Å². The minimum Gasteiger partial charge on any atom is -0.396 e. The van der Waals surface area contributed by atoms with Crippen molar-refractivity contribution in [1.82, 2.24) is 5.48 Å². The lowest BCUT2D eigenvalue weighted by Gasteiger charge is -2.24. The van der Waals surface area contributed by atoms with Gasteiger partial charge in [-0.25, -0.2) is 5.48 Å². The summed E-state index contributed by atoms with van der Waals surface area (Å²) in [7, 11) is 1.58. The maximum Gasteiger partial charge on any atom is 0.0572 e. The highest BCUT2D eigenvalue weighted by Gasteiger charge is 2.19. The molecule has 10 heavy (non-hydrogen) atoms. The second-order valence-corrected chi connectivity index (χ2v) is 2.85. The van der Waals surface area contributed by atoms with Crippen LogP contribution in [0.15, 0.2) is 0 Å². The van der Waals surface area contributed by atoms with Gasteiger partial charge in [-0.15, -0.1) is 0 Å². The maximum absolute atomic E-state index is 8.92. The molecule has 0 aliphatic heterocycles. The van der Waals surface area contributed by atoms with E-state index in [0.29, 0.717) is 6.54 Å². The Morgan fingerprint density at radius 1 is 1.60 bits per heavy atom. The molecular weight excluding hydrogens is 130 g/mol. The molecule has 3 nitrogen and oxygen atoms in total. The van der Waals surface area contributed by atoms with Crippen LogP contribution in [0.5, 0.6) is 0 Å². The quantitative estimate of drug-likeness (QED) is 0.558. The van der Waals surface area contributed by atoms with Gasteiger partial charge in [0.15, 0.2) is 0 Å². The Morgan fingerprint density at radius 3 is 2.50 bits per heavy atom. The van der Waals surface area contributed by atoms with E-state index in [9.17, 15) is 0 Å². The van der Waals surface area contributed by atoms with Gasteiger partial charge < -0.3 is 9.94 Å². The summed E-state index contributed by atoms with van der Waals surface area (Å²) >= 11 is 0. The van der Waals surface area contributed by atoms with E-state index in [1.54, 1.807) is 7.11 Å². The molecule has 1 atom stereocenters. The highest BCUT2D eigenvalue weighted by atomic mass is 16.6. The van der Waals surface area contributed by atoms with Gasteiger partial charge in [0, 0.05) is 18.6 Å². The number of hydroxylamine groups is 1. The lowest BCUT2D eigenvalue weighted by molar-refractivity contribution is 0.0364. The van der Waals surface area contributed by atoms with Crippen molar-refractivity contribution in [1.29, 1.82) is 0 Å². The largest absolute Gasteiger partial charge is 0.396 e. The Hall–Kier alpha value is -0.120. The molecule has 0 aliphatic rings. The molecule has 0 fully saturated rings. The van der Waals surface area contributed by atoms with Crippen molar-refractivity contribution in [2.45, 2.75) is 20.3 Å². The molecule has 1 unspecified atom stereocenters. The molecule has 0 heterocycles. The van der Waals surface area contributed by atoms with Gasteiger partial charge in [0.2, 0.25) is 0 Å². The van der Waals surface area contributed by atoms with Crippen LogP contribution in [0.1, 0.15) is 20.3 Å². The summed E-state index contributed by atoms with van der Waals surface area (Å²) < 4.78 is 0. The minimum absolute atomic E-state index is 0.0456. The first-order chi connectivity index (χ1) is 4.68. The van der Waals surface area contributed by atoms with E-state index < -0.39 is 0 Å². The second-order valence-electron chi connectivity index (χ2n) is 2.85. The number of aliphatic hydroxyl groups is 1. The highest BCUT2D eigenvalue weighted by molar-refractivity contribution is 4.71. The van der Waals surface area contributed by atoms with Crippen molar-refractivity contribution in [3.63, 3.8) is 0 Å². The monoisotopic (exact) mass is 147 g/mol. The van der Waals surface area contributed by atoms with E-state index in [4.69, 9.17) is 5.11 Å². The second kappa shape index (κ2) is 4.66. The number of aliphatic hydroxyl groups excluding tert-OH is 1. The van der Waals surface area contributed by atoms with Gasteiger partial charge in [0.1, 0.15) is 0 Å². The van der Waals surface area contributed by atoms with Gasteiger partial charge in [-0.3, -0.25) is 0 Å². The fourth-order valence-electron chi connectivity index (χ4n) is 0.539. The van der Waals surface area contributed by atoms with Gasteiger partial charge in [-0.1, -0.05) is 13.8 Å². The summed E-state index contributed by atoms with van der Waals surface area (Å²) in [6, 6.07) is 0. The van der Waals surface area contributed by atoms with Gasteiger partial charge >= 0.3 is 0 Å². The molecule has 3 heteroatoms. The van der Waals surface area contributed by atoms with E-state index in [-0.39, 0.29) is 12.0 Å². The lowest BCUT2D eigenvalue weighted by Crippen LogP contribution is -2.33. The molecule has 0 saturated heterocycles. The molecule has 0 saturated carbocycles. The molecule has 0 amide bonds. The Bertz CT molecular complexity index is 81.7. The van der Waals surface area contributed by atoms with Crippen molar-refractivity contribution < 1.29 is 9.94 Å². The van der Waals surface area contributed by atoms with Crippen LogP contribution in [0.2, 0.25) is 0 Å². The van der Waals surface area contributed by atoms with Crippen LogP contribution >= 0.6 is 0 Å². The first-order valence-electron chi connectivity index (χ1n) is 3.55. The summed E-state index contributed by atoms with van der Waals surface area (Å²) in [5, 5.41) is 8.92. The lowest BCUT2D eigenvalue weighted by atomic mass is 9.89. The van der Waals surface area contributed by atoms with Crippen molar-refractivity contribution in [3.05, 3.63) is 0 Å². The minimum atomic E-state index is -0.0456. The maximum atomic E-state index is 8.92. The van der Waals surface area contributed by atoms with Crippen LogP contribution < -0.4 is 5.48 Å². The van der Waals surface area contributed by atoms with Crippen LogP contribution in [0.3, 0.4) is 0 Å². The third-order valence-corrected chi connectivity index (χ3v) is 1.88. The fourth-order valence-corrected chi connectivity index (χ4v) is 0.539. The predicted molar refractivity (Wildman–Crippen MR) is 40.5 cm³/mol. The zero-order chi connectivity index (χ0) is 8.04. The summed E-state index contributed by atoms with van der Waals surface area (Å²) in [5.41, 5.74) is 2.69. The summed E-state index contributed by atoms with van der Waals surface area (Å²) in [6.45, 7) is 4.95. The summed E-state index contributed by atoms with van der Waals surface area (Å²) in [4.78, 5) is 4.68. The molecule has 0 bridgehead atoms. The molecule has 0 rings (SSSR count). The van der Waals surface area contributed by atoms with E-state index in [0.717, 1.165) is 6.42 Å². The molecular formula is C7H17NO2. The van der Waals surface area contributed by atoms with Crippen LogP contribution in [-0.2, 0) is 4.84 Å². The van der Waals surface area contributed by atoms with Crippen LogP contribution in [0, 0.1) is 5.41 Å². The Morgan fingerprint density at radius 2 is 2.20 bits per heavy atom. The van der Waals surface area contributed by atoms with Crippen molar-refractivity contribution in [2.75, 3.05) is 20.3 Å². The Labute approximate surface area is 62.3 Å². The SMILES string of the molecule is CCC(C)(CO)CNOC. The molecule has 0 aliphatic carbocycles. The molecule has 0 radical (unpaired) electrons. The van der Waals surface area contributed by atoms with Crippen LogP contribution in [0.4, 0.5) is 0 Å². The van der Waals surface area contributed by atoms with Gasteiger partial charge in [0.25, 0.3) is 0 Å². The first-order valence-corrected chi connectivity index (χ1v) is 3.55. The van der Waals surface area contributed by atoms with E-state index in [1.807, 2.05) is 13.8 Å². The van der Waals surface area contributed by atoms with Gasteiger partial charge in [-0.2, -0.15) is 0 Å². The topological polar surface area (TPSA) is 41.5 Å².